The van der Waals surface area contributed by atoms with Gasteiger partial charge < -0.3 is 15.5 Å². The highest BCUT2D eigenvalue weighted by Crippen LogP contribution is 2.24. The topological polar surface area (TPSA) is 44.4 Å². The fraction of sp³-hybridized carbons (Fsp3) is 0.364. The van der Waals surface area contributed by atoms with Crippen molar-refractivity contribution in [3.05, 3.63) is 60.2 Å². The van der Waals surface area contributed by atoms with Crippen molar-refractivity contribution in [1.82, 2.24) is 5.32 Å². The van der Waals surface area contributed by atoms with Crippen molar-refractivity contribution in [3.63, 3.8) is 0 Å². The number of nitrogens with zero attached hydrogens (tertiary/aromatic N) is 1. The number of rotatable bonds is 6. The zero-order valence-electron chi connectivity index (χ0n) is 15.9. The van der Waals surface area contributed by atoms with E-state index >= 15 is 0 Å². The van der Waals surface area contributed by atoms with E-state index in [1.807, 2.05) is 35.2 Å². The van der Waals surface area contributed by atoms with Crippen molar-refractivity contribution in [2.75, 3.05) is 16.8 Å². The van der Waals surface area contributed by atoms with E-state index in [4.69, 9.17) is 12.2 Å². The Hall–Kier alpha value is -2.40. The molecule has 1 fully saturated rings. The number of carbonyl (C=O) groups excluding carboxylic acids is 1. The van der Waals surface area contributed by atoms with E-state index in [-0.39, 0.29) is 11.9 Å². The van der Waals surface area contributed by atoms with E-state index in [2.05, 4.69) is 48.7 Å². The number of carbonyl (C=O) groups is 1. The lowest BCUT2D eigenvalue weighted by molar-refractivity contribution is -0.117. The van der Waals surface area contributed by atoms with Gasteiger partial charge in [-0.15, -0.1) is 0 Å². The van der Waals surface area contributed by atoms with E-state index in [9.17, 15) is 4.79 Å². The van der Waals surface area contributed by atoms with Gasteiger partial charge in [-0.05, 0) is 60.8 Å². The molecule has 0 radical (unpaired) electrons. The average molecular weight is 382 g/mol. The molecule has 1 saturated heterocycles. The van der Waals surface area contributed by atoms with Crippen molar-refractivity contribution in [2.45, 2.75) is 39.2 Å². The monoisotopic (exact) mass is 381 g/mol. The van der Waals surface area contributed by atoms with Crippen LogP contribution in [0, 0.1) is 5.92 Å². The molecule has 1 atom stereocenters. The second kappa shape index (κ2) is 9.00. The highest BCUT2D eigenvalue weighted by Gasteiger charge is 2.21. The quantitative estimate of drug-likeness (QED) is 0.700. The smallest absolute Gasteiger partial charge is 0.227 e. The normalized spacial score (nSPS) is 15.1. The molecule has 0 aliphatic carbocycles. The molecule has 1 aliphatic heterocycles. The fourth-order valence-electron chi connectivity index (χ4n) is 3.41. The Morgan fingerprint density at radius 1 is 1.11 bits per heavy atom. The van der Waals surface area contributed by atoms with Crippen LogP contribution in [-0.4, -0.2) is 17.6 Å². The summed E-state index contributed by atoms with van der Waals surface area (Å²) in [6.45, 7) is 5.23. The molecule has 0 bridgehead atoms. The summed E-state index contributed by atoms with van der Waals surface area (Å²) in [6.07, 6.45) is 2.58. The lowest BCUT2D eigenvalue weighted by Crippen LogP contribution is -2.33. The van der Waals surface area contributed by atoms with Gasteiger partial charge in [0.05, 0.1) is 6.04 Å². The first-order valence-corrected chi connectivity index (χ1v) is 9.96. The molecule has 0 unspecified atom stereocenters. The largest absolute Gasteiger partial charge is 0.356 e. The van der Waals surface area contributed by atoms with E-state index in [0.29, 0.717) is 17.5 Å². The summed E-state index contributed by atoms with van der Waals surface area (Å²) >= 11 is 5.54. The van der Waals surface area contributed by atoms with Crippen molar-refractivity contribution in [1.29, 1.82) is 0 Å². The Morgan fingerprint density at radius 3 is 2.41 bits per heavy atom. The number of nitrogens with one attached hydrogen (secondary N) is 2. The molecule has 0 spiro atoms. The first-order chi connectivity index (χ1) is 13.0. The third-order valence-corrected chi connectivity index (χ3v) is 4.94. The number of hydrogen-bond acceptors (Lipinski definition) is 2. The minimum absolute atomic E-state index is 0.174. The second-order valence-corrected chi connectivity index (χ2v) is 7.80. The third-order valence-electron chi connectivity index (χ3n) is 4.72. The van der Waals surface area contributed by atoms with Gasteiger partial charge >= 0.3 is 0 Å². The van der Waals surface area contributed by atoms with Crippen LogP contribution in [0.25, 0.3) is 0 Å². The van der Waals surface area contributed by atoms with Gasteiger partial charge in [0, 0.05) is 24.3 Å². The molecule has 0 aromatic heterocycles. The van der Waals surface area contributed by atoms with Gasteiger partial charge in [0.1, 0.15) is 0 Å². The van der Waals surface area contributed by atoms with Crippen molar-refractivity contribution < 1.29 is 4.79 Å². The zero-order valence-corrected chi connectivity index (χ0v) is 16.8. The number of benzene rings is 2. The Bertz CT molecular complexity index is 774. The van der Waals surface area contributed by atoms with Crippen LogP contribution in [0.4, 0.5) is 11.4 Å². The summed E-state index contributed by atoms with van der Waals surface area (Å²) in [5.74, 6) is 0.759. The maximum absolute atomic E-state index is 11.9. The highest BCUT2D eigenvalue weighted by molar-refractivity contribution is 7.80. The predicted octanol–water partition coefficient (Wildman–Crippen LogP) is 4.89. The van der Waals surface area contributed by atoms with Crippen molar-refractivity contribution in [3.8, 4) is 0 Å². The summed E-state index contributed by atoms with van der Waals surface area (Å²) in [5.41, 5.74) is 3.10. The molecule has 27 heavy (non-hydrogen) atoms. The fourth-order valence-corrected chi connectivity index (χ4v) is 3.67. The van der Waals surface area contributed by atoms with Crippen LogP contribution >= 0.6 is 12.2 Å². The Labute approximate surface area is 167 Å². The lowest BCUT2D eigenvalue weighted by Gasteiger charge is -2.23. The molecule has 5 heteroatoms. The van der Waals surface area contributed by atoms with Crippen LogP contribution < -0.4 is 15.5 Å². The molecule has 0 saturated carbocycles. The standard InChI is InChI=1S/C22H27N3OS/c1-16(2)15-20(17-7-4-3-5-8-17)24-22(27)23-18-10-12-19(13-11-18)25-14-6-9-21(25)26/h3-5,7-8,10-13,16,20H,6,9,14-15H2,1-2H3,(H2,23,24,27)/t20-/m0/s1. The van der Waals surface area contributed by atoms with Gasteiger partial charge in [-0.25, -0.2) is 0 Å². The number of hydrogen-bond donors (Lipinski definition) is 2. The minimum Gasteiger partial charge on any atom is -0.356 e. The van der Waals surface area contributed by atoms with Crippen LogP contribution in [0.1, 0.15) is 44.7 Å². The second-order valence-electron chi connectivity index (χ2n) is 7.39. The zero-order chi connectivity index (χ0) is 19.2. The molecule has 2 aromatic rings. The van der Waals surface area contributed by atoms with Crippen LogP contribution in [0.5, 0.6) is 0 Å². The summed E-state index contributed by atoms with van der Waals surface area (Å²) in [4.78, 5) is 13.7. The first-order valence-electron chi connectivity index (χ1n) is 9.56. The van der Waals surface area contributed by atoms with Crippen LogP contribution in [0.2, 0.25) is 0 Å². The number of thiocarbonyl (C=S) groups is 1. The molecule has 3 rings (SSSR count). The van der Waals surface area contributed by atoms with Crippen LogP contribution in [0.15, 0.2) is 54.6 Å². The molecule has 2 N–H and O–H groups in total. The molecular weight excluding hydrogens is 354 g/mol. The SMILES string of the molecule is CC(C)C[C@H](NC(=S)Nc1ccc(N2CCCC2=O)cc1)c1ccccc1. The summed E-state index contributed by atoms with van der Waals surface area (Å²) in [6, 6.07) is 18.4. The molecule has 4 nitrogen and oxygen atoms in total. The number of amides is 1. The molecule has 142 valence electrons. The predicted molar refractivity (Wildman–Crippen MR) is 116 cm³/mol. The van der Waals surface area contributed by atoms with Gasteiger partial charge in [-0.3, -0.25) is 4.79 Å². The summed E-state index contributed by atoms with van der Waals surface area (Å²) in [5, 5.41) is 7.31. The molecule has 2 aromatic carbocycles. The maximum atomic E-state index is 11.9. The maximum Gasteiger partial charge on any atom is 0.227 e. The summed E-state index contributed by atoms with van der Waals surface area (Å²) < 4.78 is 0. The molecule has 1 amide bonds. The molecule has 1 aliphatic rings. The average Bonchev–Trinajstić information content (AvgIpc) is 3.08. The van der Waals surface area contributed by atoms with Gasteiger partial charge in [-0.1, -0.05) is 44.2 Å². The van der Waals surface area contributed by atoms with Gasteiger partial charge in [0.15, 0.2) is 5.11 Å². The van der Waals surface area contributed by atoms with Gasteiger partial charge in [-0.2, -0.15) is 0 Å². The van der Waals surface area contributed by atoms with E-state index in [1.165, 1.54) is 5.56 Å². The first kappa shape index (κ1) is 19.4. The highest BCUT2D eigenvalue weighted by atomic mass is 32.1. The number of anilines is 2. The minimum atomic E-state index is 0.174. The van der Waals surface area contributed by atoms with E-state index in [0.717, 1.165) is 30.8 Å². The van der Waals surface area contributed by atoms with Crippen LogP contribution in [-0.2, 0) is 4.79 Å². The Balaban J connectivity index is 1.62. The van der Waals surface area contributed by atoms with Crippen molar-refractivity contribution >= 4 is 34.6 Å². The van der Waals surface area contributed by atoms with Gasteiger partial charge in [0.25, 0.3) is 0 Å². The van der Waals surface area contributed by atoms with E-state index < -0.39 is 0 Å². The summed E-state index contributed by atoms with van der Waals surface area (Å²) in [7, 11) is 0. The van der Waals surface area contributed by atoms with Crippen molar-refractivity contribution in [2.24, 2.45) is 5.92 Å². The van der Waals surface area contributed by atoms with Crippen LogP contribution in [0.3, 0.4) is 0 Å². The van der Waals surface area contributed by atoms with Gasteiger partial charge in [0.2, 0.25) is 5.91 Å². The lowest BCUT2D eigenvalue weighted by atomic mass is 9.97. The molecular formula is C22H27N3OS. The Kier molecular flexibility index (Phi) is 6.45. The third kappa shape index (κ3) is 5.30. The molecule has 1 heterocycles. The van der Waals surface area contributed by atoms with E-state index in [1.54, 1.807) is 0 Å². The Morgan fingerprint density at radius 2 is 1.81 bits per heavy atom.